The van der Waals surface area contributed by atoms with Crippen molar-refractivity contribution in [2.75, 3.05) is 6.54 Å². The van der Waals surface area contributed by atoms with Gasteiger partial charge < -0.3 is 10.1 Å². The summed E-state index contributed by atoms with van der Waals surface area (Å²) in [5, 5.41) is 2.65. The molecule has 0 aliphatic rings. The Kier molecular flexibility index (Phi) is 5.71. The second-order valence-electron chi connectivity index (χ2n) is 5.01. The molecule has 0 aliphatic carbocycles. The largest absolute Gasteiger partial charge is 0.444 e. The summed E-state index contributed by atoms with van der Waals surface area (Å²) < 4.78 is 5.87. The van der Waals surface area contributed by atoms with E-state index in [1.54, 1.807) is 12.1 Å². The van der Waals surface area contributed by atoms with Crippen molar-refractivity contribution in [3.8, 4) is 0 Å². The van der Waals surface area contributed by atoms with Crippen LogP contribution >= 0.6 is 22.6 Å². The van der Waals surface area contributed by atoms with E-state index in [9.17, 15) is 9.59 Å². The zero-order chi connectivity index (χ0) is 14.5. The van der Waals surface area contributed by atoms with Crippen LogP contribution in [0.3, 0.4) is 0 Å². The van der Waals surface area contributed by atoms with Gasteiger partial charge in [-0.25, -0.2) is 9.78 Å². The Labute approximate surface area is 126 Å². The standard InChI is InChI=1S/C13H17IN2O3/c1-13(2,3)19-12(18)15-5-4-10-6-9(8-17)7-11(14)16-10/h6-8H,4-5H2,1-3H3,(H,15,18). The lowest BCUT2D eigenvalue weighted by Gasteiger charge is -2.19. The van der Waals surface area contributed by atoms with E-state index >= 15 is 0 Å². The highest BCUT2D eigenvalue weighted by molar-refractivity contribution is 14.1. The van der Waals surface area contributed by atoms with Crippen molar-refractivity contribution in [3.63, 3.8) is 0 Å². The first-order valence-corrected chi connectivity index (χ1v) is 6.96. The number of alkyl carbamates (subject to hydrolysis) is 1. The minimum absolute atomic E-state index is 0.417. The molecular weight excluding hydrogens is 359 g/mol. The maximum absolute atomic E-state index is 11.4. The Morgan fingerprint density at radius 3 is 2.74 bits per heavy atom. The van der Waals surface area contributed by atoms with Crippen LogP contribution in [0.4, 0.5) is 4.79 Å². The molecule has 6 heteroatoms. The molecular formula is C13H17IN2O3. The van der Waals surface area contributed by atoms with Crippen molar-refractivity contribution in [1.82, 2.24) is 10.3 Å². The number of ether oxygens (including phenoxy) is 1. The van der Waals surface area contributed by atoms with Gasteiger partial charge in [0.1, 0.15) is 15.6 Å². The third-order valence-corrected chi connectivity index (χ3v) is 2.61. The molecule has 1 N–H and O–H groups in total. The molecule has 1 aromatic heterocycles. The van der Waals surface area contributed by atoms with Crippen molar-refractivity contribution >= 4 is 35.0 Å². The van der Waals surface area contributed by atoms with Crippen LogP contribution < -0.4 is 5.32 Å². The topological polar surface area (TPSA) is 68.3 Å². The van der Waals surface area contributed by atoms with Gasteiger partial charge in [-0.05, 0) is 55.5 Å². The van der Waals surface area contributed by atoms with Crippen LogP contribution in [0.2, 0.25) is 0 Å². The first-order valence-electron chi connectivity index (χ1n) is 5.88. The number of hydrogen-bond acceptors (Lipinski definition) is 4. The molecule has 0 saturated carbocycles. The highest BCUT2D eigenvalue weighted by Crippen LogP contribution is 2.08. The van der Waals surface area contributed by atoms with E-state index in [1.165, 1.54) is 0 Å². The van der Waals surface area contributed by atoms with Crippen LogP contribution in [0, 0.1) is 3.70 Å². The molecule has 0 bridgehead atoms. The van der Waals surface area contributed by atoms with Crippen molar-refractivity contribution in [1.29, 1.82) is 0 Å². The van der Waals surface area contributed by atoms with Crippen molar-refractivity contribution in [2.24, 2.45) is 0 Å². The van der Waals surface area contributed by atoms with Crippen LogP contribution in [0.25, 0.3) is 0 Å². The summed E-state index contributed by atoms with van der Waals surface area (Å²) in [5.41, 5.74) is 0.853. The normalized spacial score (nSPS) is 10.9. The van der Waals surface area contributed by atoms with Gasteiger partial charge >= 0.3 is 6.09 Å². The summed E-state index contributed by atoms with van der Waals surface area (Å²) in [7, 11) is 0. The van der Waals surface area contributed by atoms with Gasteiger partial charge in [-0.1, -0.05) is 0 Å². The highest BCUT2D eigenvalue weighted by atomic mass is 127. The molecule has 0 unspecified atom stereocenters. The number of hydrogen-bond donors (Lipinski definition) is 1. The monoisotopic (exact) mass is 376 g/mol. The molecule has 1 rings (SSSR count). The molecule has 0 saturated heterocycles. The van der Waals surface area contributed by atoms with Gasteiger partial charge in [0.25, 0.3) is 0 Å². The van der Waals surface area contributed by atoms with Gasteiger partial charge in [-0.2, -0.15) is 0 Å². The predicted molar refractivity (Wildman–Crippen MR) is 80.3 cm³/mol. The number of pyridine rings is 1. The Bertz CT molecular complexity index is 469. The Balaban J connectivity index is 2.47. The molecule has 5 nitrogen and oxygen atoms in total. The van der Waals surface area contributed by atoms with Crippen molar-refractivity contribution < 1.29 is 14.3 Å². The molecule has 1 amide bonds. The van der Waals surface area contributed by atoms with Gasteiger partial charge in [0.15, 0.2) is 0 Å². The second-order valence-corrected chi connectivity index (χ2v) is 6.12. The maximum Gasteiger partial charge on any atom is 0.407 e. The number of nitrogens with one attached hydrogen (secondary N) is 1. The molecule has 104 valence electrons. The van der Waals surface area contributed by atoms with Crippen LogP contribution in [0.15, 0.2) is 12.1 Å². The van der Waals surface area contributed by atoms with Gasteiger partial charge in [-0.15, -0.1) is 0 Å². The SMILES string of the molecule is CC(C)(C)OC(=O)NCCc1cc(C=O)cc(I)n1. The minimum atomic E-state index is -0.505. The lowest BCUT2D eigenvalue weighted by Crippen LogP contribution is -2.33. The molecule has 0 atom stereocenters. The van der Waals surface area contributed by atoms with Gasteiger partial charge in [0.2, 0.25) is 0 Å². The molecule has 19 heavy (non-hydrogen) atoms. The van der Waals surface area contributed by atoms with E-state index in [0.29, 0.717) is 18.5 Å². The minimum Gasteiger partial charge on any atom is -0.444 e. The number of amides is 1. The fourth-order valence-electron chi connectivity index (χ4n) is 1.38. The summed E-state index contributed by atoms with van der Waals surface area (Å²) >= 11 is 2.06. The van der Waals surface area contributed by atoms with Crippen molar-refractivity contribution in [2.45, 2.75) is 32.8 Å². The second kappa shape index (κ2) is 6.83. The number of halogens is 1. The summed E-state index contributed by atoms with van der Waals surface area (Å²) in [4.78, 5) is 26.4. The summed E-state index contributed by atoms with van der Waals surface area (Å²) in [6.07, 6.45) is 0.889. The predicted octanol–water partition coefficient (Wildman–Crippen LogP) is 2.57. The highest BCUT2D eigenvalue weighted by Gasteiger charge is 2.15. The quantitative estimate of drug-likeness (QED) is 0.498. The first-order chi connectivity index (χ1) is 8.80. The lowest BCUT2D eigenvalue weighted by molar-refractivity contribution is 0.0528. The van der Waals surface area contributed by atoms with Crippen LogP contribution in [-0.4, -0.2) is 29.5 Å². The fourth-order valence-corrected chi connectivity index (χ4v) is 2.05. The van der Waals surface area contributed by atoms with E-state index in [2.05, 4.69) is 32.9 Å². The third kappa shape index (κ3) is 6.51. The van der Waals surface area contributed by atoms with E-state index in [4.69, 9.17) is 4.74 Å². The van der Waals surface area contributed by atoms with E-state index < -0.39 is 11.7 Å². The van der Waals surface area contributed by atoms with Crippen molar-refractivity contribution in [3.05, 3.63) is 27.1 Å². The molecule has 0 aliphatic heterocycles. The smallest absolute Gasteiger partial charge is 0.407 e. The number of aromatic nitrogens is 1. The Hall–Kier alpha value is -1.18. The molecule has 0 radical (unpaired) electrons. The van der Waals surface area contributed by atoms with E-state index in [-0.39, 0.29) is 0 Å². The summed E-state index contributed by atoms with van der Waals surface area (Å²) in [6, 6.07) is 3.42. The summed E-state index contributed by atoms with van der Waals surface area (Å²) in [6.45, 7) is 5.85. The number of carbonyl (C=O) groups excluding carboxylic acids is 2. The lowest BCUT2D eigenvalue weighted by atomic mass is 10.2. The number of carbonyl (C=O) groups is 2. The van der Waals surface area contributed by atoms with E-state index in [0.717, 1.165) is 15.7 Å². The third-order valence-electron chi connectivity index (χ3n) is 2.05. The number of aldehydes is 1. The number of rotatable bonds is 4. The van der Waals surface area contributed by atoms with Gasteiger partial charge in [0, 0.05) is 24.2 Å². The maximum atomic E-state index is 11.4. The van der Waals surface area contributed by atoms with Crippen LogP contribution in [0.1, 0.15) is 36.8 Å². The van der Waals surface area contributed by atoms with Crippen LogP contribution in [-0.2, 0) is 11.2 Å². The van der Waals surface area contributed by atoms with Crippen LogP contribution in [0.5, 0.6) is 0 Å². The number of nitrogens with zero attached hydrogens (tertiary/aromatic N) is 1. The Morgan fingerprint density at radius 1 is 1.47 bits per heavy atom. The molecule has 0 fully saturated rings. The van der Waals surface area contributed by atoms with Gasteiger partial charge in [0.05, 0.1) is 0 Å². The average Bonchev–Trinajstić information content (AvgIpc) is 2.25. The van der Waals surface area contributed by atoms with E-state index in [1.807, 2.05) is 20.8 Å². The zero-order valence-corrected chi connectivity index (χ0v) is 13.4. The molecule has 0 aromatic carbocycles. The first kappa shape index (κ1) is 15.9. The molecule has 1 heterocycles. The summed E-state index contributed by atoms with van der Waals surface area (Å²) in [5.74, 6) is 0. The molecule has 1 aromatic rings. The van der Waals surface area contributed by atoms with Gasteiger partial charge in [-0.3, -0.25) is 4.79 Å². The molecule has 0 spiro atoms. The Morgan fingerprint density at radius 2 is 2.16 bits per heavy atom. The average molecular weight is 376 g/mol. The fraction of sp³-hybridized carbons (Fsp3) is 0.462. The zero-order valence-electron chi connectivity index (χ0n) is 11.2.